The molecule has 2 amide bonds. The molecule has 0 unspecified atom stereocenters. The van der Waals surface area contributed by atoms with Crippen LogP contribution in [0.25, 0.3) is 0 Å². The van der Waals surface area contributed by atoms with Gasteiger partial charge >= 0.3 is 24.1 Å². The molecule has 4 atom stereocenters. The van der Waals surface area contributed by atoms with E-state index in [1.165, 1.54) is 0 Å². The molecule has 4 rings (SSSR count). The minimum absolute atomic E-state index is 0.00330. The van der Waals surface area contributed by atoms with Gasteiger partial charge in [0.05, 0.1) is 37.4 Å². The van der Waals surface area contributed by atoms with Crippen molar-refractivity contribution in [3.05, 3.63) is 35.9 Å². The fourth-order valence-electron chi connectivity index (χ4n) is 5.93. The highest BCUT2D eigenvalue weighted by Crippen LogP contribution is 2.35. The van der Waals surface area contributed by atoms with Gasteiger partial charge < -0.3 is 28.7 Å². The molecule has 0 saturated carbocycles. The van der Waals surface area contributed by atoms with Crippen molar-refractivity contribution in [1.29, 1.82) is 0 Å². The second kappa shape index (κ2) is 16.3. The number of carbonyl (C=O) groups excluding carboxylic acids is 4. The van der Waals surface area contributed by atoms with Gasteiger partial charge in [0.15, 0.2) is 0 Å². The van der Waals surface area contributed by atoms with Crippen LogP contribution in [0.15, 0.2) is 24.8 Å². The minimum atomic E-state index is -0.559. The van der Waals surface area contributed by atoms with Crippen LogP contribution in [0.5, 0.6) is 0 Å². The molecule has 2 saturated heterocycles. The Morgan fingerprint density at radius 1 is 0.688 bits per heavy atom. The maximum atomic E-state index is 12.4. The third kappa shape index (κ3) is 11.0. The van der Waals surface area contributed by atoms with Gasteiger partial charge in [-0.15, -0.1) is 0 Å². The maximum Gasteiger partial charge on any atom is 0.410 e. The first-order chi connectivity index (χ1) is 22.4. The van der Waals surface area contributed by atoms with E-state index >= 15 is 0 Å². The number of hydrogen-bond donors (Lipinski definition) is 0. The largest absolute Gasteiger partial charge is 0.466 e. The summed E-state index contributed by atoms with van der Waals surface area (Å²) in [6.07, 6.45) is 7.96. The molecule has 0 spiro atoms. The van der Waals surface area contributed by atoms with Crippen molar-refractivity contribution >= 4 is 24.1 Å². The van der Waals surface area contributed by atoms with E-state index in [1.807, 2.05) is 68.0 Å². The fraction of sp³-hybridized carbons (Fsp3) is 0.706. The second-order valence-electron chi connectivity index (χ2n) is 14.3. The Labute approximate surface area is 284 Å². The molecule has 0 radical (unpaired) electrons. The van der Waals surface area contributed by atoms with Gasteiger partial charge in [0, 0.05) is 64.5 Å². The van der Waals surface area contributed by atoms with Crippen LogP contribution in [0.1, 0.15) is 91.2 Å². The highest BCUT2D eigenvalue weighted by molar-refractivity contribution is 5.77. The molecule has 0 aromatic carbocycles. The van der Waals surface area contributed by atoms with Crippen LogP contribution in [0.2, 0.25) is 0 Å². The number of esters is 2. The first-order valence-electron chi connectivity index (χ1n) is 16.7. The number of nitrogens with zero attached hydrogens (tertiary/aromatic N) is 6. The summed E-state index contributed by atoms with van der Waals surface area (Å²) in [5.74, 6) is -1.38. The lowest BCUT2D eigenvalue weighted by Gasteiger charge is -2.37. The molecule has 14 nitrogen and oxygen atoms in total. The van der Waals surface area contributed by atoms with Crippen LogP contribution in [0, 0.1) is 11.8 Å². The number of piperidine rings is 2. The van der Waals surface area contributed by atoms with Crippen molar-refractivity contribution in [3.8, 4) is 0 Å². The van der Waals surface area contributed by atoms with Gasteiger partial charge in [-0.2, -0.15) is 10.2 Å². The SMILES string of the molecule is CCOC(=O)[C@@H]1CN(C(=O)OC(C)(C)C)CC[C@H]1c1cnn(C)c1.CCOC(=O)[C@H]1CN(C(=O)OC(C)(C)C)CC[C@@H]1c1cnn(C)c1. The predicted octanol–water partition coefficient (Wildman–Crippen LogP) is 4.65. The predicted molar refractivity (Wildman–Crippen MR) is 177 cm³/mol. The third-order valence-corrected chi connectivity index (χ3v) is 8.01. The smallest absolute Gasteiger partial charge is 0.410 e. The van der Waals surface area contributed by atoms with Gasteiger partial charge in [-0.1, -0.05) is 0 Å². The van der Waals surface area contributed by atoms with Crippen molar-refractivity contribution in [2.45, 2.75) is 91.3 Å². The van der Waals surface area contributed by atoms with Crippen molar-refractivity contribution in [3.63, 3.8) is 0 Å². The highest BCUT2D eigenvalue weighted by atomic mass is 16.6. The van der Waals surface area contributed by atoms with Crippen molar-refractivity contribution in [2.75, 3.05) is 39.4 Å². The van der Waals surface area contributed by atoms with Crippen LogP contribution >= 0.6 is 0 Å². The Morgan fingerprint density at radius 3 is 1.31 bits per heavy atom. The first kappa shape index (κ1) is 38.3. The molecule has 0 bridgehead atoms. The number of aryl methyl sites for hydroxylation is 2. The third-order valence-electron chi connectivity index (χ3n) is 8.01. The van der Waals surface area contributed by atoms with E-state index in [0.717, 1.165) is 11.1 Å². The average molecular weight is 675 g/mol. The van der Waals surface area contributed by atoms with E-state index in [-0.39, 0.29) is 36.0 Å². The Balaban J connectivity index is 0.000000260. The molecule has 2 fully saturated rings. The van der Waals surface area contributed by atoms with E-state index < -0.39 is 23.0 Å². The van der Waals surface area contributed by atoms with E-state index in [1.54, 1.807) is 45.4 Å². The van der Waals surface area contributed by atoms with Crippen LogP contribution in [0.3, 0.4) is 0 Å². The van der Waals surface area contributed by atoms with Gasteiger partial charge in [-0.25, -0.2) is 9.59 Å². The lowest BCUT2D eigenvalue weighted by molar-refractivity contribution is -0.151. The number of ether oxygens (including phenoxy) is 4. The molecular formula is C34H54N6O8. The number of rotatable bonds is 6. The molecule has 0 aliphatic carbocycles. The van der Waals surface area contributed by atoms with Gasteiger partial charge in [0.1, 0.15) is 11.2 Å². The molecule has 268 valence electrons. The lowest BCUT2D eigenvalue weighted by Crippen LogP contribution is -2.47. The van der Waals surface area contributed by atoms with Crippen molar-refractivity contribution < 1.29 is 38.1 Å². The number of hydrogen-bond acceptors (Lipinski definition) is 10. The Kier molecular flexibility index (Phi) is 13.1. The number of likely N-dealkylation sites (tertiary alicyclic amines) is 2. The lowest BCUT2D eigenvalue weighted by atomic mass is 9.82. The van der Waals surface area contributed by atoms with E-state index in [0.29, 0.717) is 52.2 Å². The Hall–Kier alpha value is -4.10. The van der Waals surface area contributed by atoms with Crippen LogP contribution < -0.4 is 0 Å². The van der Waals surface area contributed by atoms with E-state index in [2.05, 4.69) is 10.2 Å². The summed E-state index contributed by atoms with van der Waals surface area (Å²) >= 11 is 0. The quantitative estimate of drug-likeness (QED) is 0.313. The summed E-state index contributed by atoms with van der Waals surface area (Å²) in [5, 5.41) is 8.39. The van der Waals surface area contributed by atoms with E-state index in [4.69, 9.17) is 18.9 Å². The average Bonchev–Trinajstić information content (AvgIpc) is 3.63. The zero-order valence-corrected chi connectivity index (χ0v) is 30.2. The van der Waals surface area contributed by atoms with Crippen molar-refractivity contribution in [1.82, 2.24) is 29.4 Å². The Morgan fingerprint density at radius 2 is 1.04 bits per heavy atom. The van der Waals surface area contributed by atoms with Crippen molar-refractivity contribution in [2.24, 2.45) is 25.9 Å². The summed E-state index contributed by atoms with van der Waals surface area (Å²) in [6.45, 7) is 16.9. The zero-order valence-electron chi connectivity index (χ0n) is 30.2. The van der Waals surface area contributed by atoms with Gasteiger partial charge in [0.2, 0.25) is 0 Å². The molecule has 2 aliphatic heterocycles. The molecule has 2 aromatic heterocycles. The van der Waals surface area contributed by atoms with E-state index in [9.17, 15) is 19.2 Å². The number of amides is 2. The molecule has 2 aliphatic rings. The zero-order chi connectivity index (χ0) is 35.8. The van der Waals surface area contributed by atoms with Crippen LogP contribution in [-0.2, 0) is 42.6 Å². The number of aromatic nitrogens is 4. The molecule has 48 heavy (non-hydrogen) atoms. The summed E-state index contributed by atoms with van der Waals surface area (Å²) in [5.41, 5.74) is 0.881. The standard InChI is InChI=1S/2C17H27N3O4/c2*1-6-23-15(21)14-11-20(16(22)24-17(2,3)4)8-7-13(14)12-9-18-19(5)10-12/h2*9-10,13-14H,6-8,11H2,1-5H3/t2*13-,14+/m10/s1. The molecule has 14 heteroatoms. The van der Waals surface area contributed by atoms with Crippen LogP contribution in [0.4, 0.5) is 9.59 Å². The summed E-state index contributed by atoms with van der Waals surface area (Å²) in [7, 11) is 3.69. The van der Waals surface area contributed by atoms with Crippen LogP contribution in [-0.4, -0.2) is 104 Å². The monoisotopic (exact) mass is 674 g/mol. The Bertz CT molecular complexity index is 1290. The molecular weight excluding hydrogens is 620 g/mol. The van der Waals surface area contributed by atoms with Gasteiger partial charge in [-0.3, -0.25) is 19.0 Å². The first-order valence-corrected chi connectivity index (χ1v) is 16.7. The van der Waals surface area contributed by atoms with Gasteiger partial charge in [0.25, 0.3) is 0 Å². The van der Waals surface area contributed by atoms with Gasteiger partial charge in [-0.05, 0) is 79.4 Å². The highest BCUT2D eigenvalue weighted by Gasteiger charge is 2.41. The second-order valence-corrected chi connectivity index (χ2v) is 14.3. The fourth-order valence-corrected chi connectivity index (χ4v) is 5.93. The number of carbonyl (C=O) groups is 4. The topological polar surface area (TPSA) is 147 Å². The molecule has 0 N–H and O–H groups in total. The molecule has 2 aromatic rings. The summed E-state index contributed by atoms with van der Waals surface area (Å²) < 4.78 is 24.7. The summed E-state index contributed by atoms with van der Waals surface area (Å²) in [6, 6.07) is 0. The maximum absolute atomic E-state index is 12.4. The minimum Gasteiger partial charge on any atom is -0.466 e. The molecule has 4 heterocycles. The normalized spacial score (nSPS) is 21.5. The summed E-state index contributed by atoms with van der Waals surface area (Å²) in [4.78, 5) is 52.7.